The molecule has 0 aliphatic carbocycles. The Kier molecular flexibility index (Phi) is 2.60. The molecule has 0 amide bonds. The van der Waals surface area contributed by atoms with Crippen molar-refractivity contribution in [2.45, 2.75) is 0 Å². The highest BCUT2D eigenvalue weighted by Crippen LogP contribution is 2.23. The van der Waals surface area contributed by atoms with Crippen LogP contribution >= 0.6 is 0 Å². The van der Waals surface area contributed by atoms with Gasteiger partial charge in [-0.3, -0.25) is 4.98 Å². The van der Waals surface area contributed by atoms with Gasteiger partial charge in [0.15, 0.2) is 0 Å². The molecule has 3 rings (SSSR count). The number of nitrogens with zero attached hydrogens (tertiary/aromatic N) is 3. The van der Waals surface area contributed by atoms with Crippen molar-refractivity contribution in [3.8, 4) is 11.6 Å². The number of hydrogen-bond acceptors (Lipinski definition) is 6. The van der Waals surface area contributed by atoms with Crippen LogP contribution in [0.4, 0.5) is 11.8 Å². The van der Waals surface area contributed by atoms with Crippen molar-refractivity contribution in [1.29, 1.82) is 0 Å². The third kappa shape index (κ3) is 2.37. The van der Waals surface area contributed by atoms with Gasteiger partial charge in [0.05, 0.1) is 11.7 Å². The SMILES string of the molecule is Nc1cc(Oc2cnc3ccccc3c2)nc(N)n1. The fraction of sp³-hybridized carbons (Fsp3) is 0. The lowest BCUT2D eigenvalue weighted by Crippen LogP contribution is -2.00. The lowest BCUT2D eigenvalue weighted by molar-refractivity contribution is 0.462. The highest BCUT2D eigenvalue weighted by molar-refractivity contribution is 5.79. The summed E-state index contributed by atoms with van der Waals surface area (Å²) in [5.41, 5.74) is 12.0. The maximum atomic E-state index is 5.58. The molecule has 6 nitrogen and oxygen atoms in total. The van der Waals surface area contributed by atoms with Crippen LogP contribution in [0.25, 0.3) is 10.9 Å². The van der Waals surface area contributed by atoms with Crippen LogP contribution in [0.5, 0.6) is 11.6 Å². The summed E-state index contributed by atoms with van der Waals surface area (Å²) in [5, 5.41) is 0.981. The van der Waals surface area contributed by atoms with Crippen LogP contribution in [0.1, 0.15) is 0 Å². The maximum Gasteiger partial charge on any atom is 0.226 e. The van der Waals surface area contributed by atoms with E-state index in [-0.39, 0.29) is 11.8 Å². The molecule has 0 saturated heterocycles. The number of ether oxygens (including phenoxy) is 1. The van der Waals surface area contributed by atoms with E-state index in [9.17, 15) is 0 Å². The highest BCUT2D eigenvalue weighted by Gasteiger charge is 2.04. The summed E-state index contributed by atoms with van der Waals surface area (Å²) in [4.78, 5) is 12.0. The summed E-state index contributed by atoms with van der Waals surface area (Å²) in [7, 11) is 0. The number of hydrogen-bond donors (Lipinski definition) is 2. The molecule has 0 aliphatic heterocycles. The summed E-state index contributed by atoms with van der Waals surface area (Å²) in [6, 6.07) is 11.1. The number of benzene rings is 1. The molecule has 0 saturated carbocycles. The topological polar surface area (TPSA) is 99.9 Å². The minimum Gasteiger partial charge on any atom is -0.437 e. The largest absolute Gasteiger partial charge is 0.437 e. The van der Waals surface area contributed by atoms with E-state index in [4.69, 9.17) is 16.2 Å². The van der Waals surface area contributed by atoms with E-state index < -0.39 is 0 Å². The standard InChI is InChI=1S/C13H11N5O/c14-11-6-12(18-13(15)17-11)19-9-5-8-3-1-2-4-10(8)16-7-9/h1-7H,(H4,14,15,17,18). The van der Waals surface area contributed by atoms with Gasteiger partial charge in [-0.2, -0.15) is 9.97 Å². The summed E-state index contributed by atoms with van der Waals surface area (Å²) in [6.07, 6.45) is 1.62. The van der Waals surface area contributed by atoms with Crippen LogP contribution in [0, 0.1) is 0 Å². The van der Waals surface area contributed by atoms with E-state index >= 15 is 0 Å². The predicted octanol–water partition coefficient (Wildman–Crippen LogP) is 1.98. The van der Waals surface area contributed by atoms with E-state index in [1.807, 2.05) is 30.3 Å². The zero-order valence-corrected chi connectivity index (χ0v) is 9.95. The third-order valence-corrected chi connectivity index (χ3v) is 2.53. The van der Waals surface area contributed by atoms with E-state index in [0.717, 1.165) is 10.9 Å². The molecule has 0 radical (unpaired) electrons. The first-order valence-electron chi connectivity index (χ1n) is 5.63. The summed E-state index contributed by atoms with van der Waals surface area (Å²) in [6.45, 7) is 0. The van der Waals surface area contributed by atoms with E-state index in [0.29, 0.717) is 11.6 Å². The van der Waals surface area contributed by atoms with Crippen LogP contribution in [0.15, 0.2) is 42.6 Å². The van der Waals surface area contributed by atoms with Gasteiger partial charge in [-0.05, 0) is 12.1 Å². The number of para-hydroxylation sites is 1. The van der Waals surface area contributed by atoms with Gasteiger partial charge in [0.1, 0.15) is 11.6 Å². The van der Waals surface area contributed by atoms with Crippen molar-refractivity contribution in [2.75, 3.05) is 11.5 Å². The Morgan fingerprint density at radius 2 is 1.84 bits per heavy atom. The van der Waals surface area contributed by atoms with Gasteiger partial charge in [0, 0.05) is 11.5 Å². The number of fused-ring (bicyclic) bond motifs is 1. The second-order valence-corrected chi connectivity index (χ2v) is 3.96. The summed E-state index contributed by atoms with van der Waals surface area (Å²) in [5.74, 6) is 1.19. The van der Waals surface area contributed by atoms with Gasteiger partial charge >= 0.3 is 0 Å². The van der Waals surface area contributed by atoms with Gasteiger partial charge in [-0.25, -0.2) is 0 Å². The smallest absolute Gasteiger partial charge is 0.226 e. The molecule has 0 fully saturated rings. The zero-order chi connectivity index (χ0) is 13.2. The van der Waals surface area contributed by atoms with Crippen LogP contribution in [-0.2, 0) is 0 Å². The Bertz CT molecular complexity index is 724. The molecule has 2 aromatic heterocycles. The fourth-order valence-electron chi connectivity index (χ4n) is 1.74. The maximum absolute atomic E-state index is 5.58. The molecule has 0 unspecified atom stereocenters. The lowest BCUT2D eigenvalue weighted by Gasteiger charge is -2.06. The highest BCUT2D eigenvalue weighted by atomic mass is 16.5. The van der Waals surface area contributed by atoms with Crippen molar-refractivity contribution in [3.05, 3.63) is 42.6 Å². The van der Waals surface area contributed by atoms with E-state index in [1.54, 1.807) is 6.20 Å². The number of nitrogen functional groups attached to an aromatic ring is 2. The fourth-order valence-corrected chi connectivity index (χ4v) is 1.74. The zero-order valence-electron chi connectivity index (χ0n) is 9.95. The van der Waals surface area contributed by atoms with Crippen LogP contribution in [-0.4, -0.2) is 15.0 Å². The van der Waals surface area contributed by atoms with Gasteiger partial charge in [0.25, 0.3) is 0 Å². The Labute approximate surface area is 109 Å². The van der Waals surface area contributed by atoms with E-state index in [2.05, 4.69) is 15.0 Å². The number of anilines is 2. The molecule has 0 aliphatic rings. The average Bonchev–Trinajstić information content (AvgIpc) is 2.37. The molecule has 6 heteroatoms. The number of aromatic nitrogens is 3. The molecule has 0 spiro atoms. The molecule has 2 heterocycles. The second-order valence-electron chi connectivity index (χ2n) is 3.96. The Morgan fingerprint density at radius 1 is 1.00 bits per heavy atom. The predicted molar refractivity (Wildman–Crippen MR) is 72.7 cm³/mol. The van der Waals surface area contributed by atoms with Crippen molar-refractivity contribution in [2.24, 2.45) is 0 Å². The Hall–Kier alpha value is -2.89. The van der Waals surface area contributed by atoms with E-state index in [1.165, 1.54) is 6.07 Å². The monoisotopic (exact) mass is 253 g/mol. The van der Waals surface area contributed by atoms with Crippen LogP contribution in [0.3, 0.4) is 0 Å². The minimum atomic E-state index is 0.0729. The lowest BCUT2D eigenvalue weighted by atomic mass is 10.2. The van der Waals surface area contributed by atoms with Gasteiger partial charge in [0.2, 0.25) is 11.8 Å². The van der Waals surface area contributed by atoms with Gasteiger partial charge < -0.3 is 16.2 Å². The molecule has 94 valence electrons. The first kappa shape index (κ1) is 11.2. The molecular weight excluding hydrogens is 242 g/mol. The minimum absolute atomic E-state index is 0.0729. The first-order chi connectivity index (χ1) is 9.20. The Morgan fingerprint density at radius 3 is 2.68 bits per heavy atom. The second kappa shape index (κ2) is 4.41. The molecule has 0 bridgehead atoms. The number of rotatable bonds is 2. The third-order valence-electron chi connectivity index (χ3n) is 2.53. The molecular formula is C13H11N5O. The molecule has 19 heavy (non-hydrogen) atoms. The average molecular weight is 253 g/mol. The van der Waals surface area contributed by atoms with Gasteiger partial charge in [-0.15, -0.1) is 0 Å². The number of pyridine rings is 1. The molecule has 0 atom stereocenters. The quantitative estimate of drug-likeness (QED) is 0.724. The van der Waals surface area contributed by atoms with Crippen LogP contribution in [0.2, 0.25) is 0 Å². The van der Waals surface area contributed by atoms with Crippen molar-refractivity contribution < 1.29 is 4.74 Å². The molecule has 4 N–H and O–H groups in total. The van der Waals surface area contributed by atoms with Crippen LogP contribution < -0.4 is 16.2 Å². The van der Waals surface area contributed by atoms with Crippen molar-refractivity contribution in [1.82, 2.24) is 15.0 Å². The Balaban J connectivity index is 1.96. The molecule has 1 aromatic carbocycles. The number of nitrogens with two attached hydrogens (primary N) is 2. The van der Waals surface area contributed by atoms with Gasteiger partial charge in [-0.1, -0.05) is 18.2 Å². The first-order valence-corrected chi connectivity index (χ1v) is 5.63. The summed E-state index contributed by atoms with van der Waals surface area (Å²) < 4.78 is 5.57. The van der Waals surface area contributed by atoms with Crippen molar-refractivity contribution >= 4 is 22.7 Å². The normalized spacial score (nSPS) is 10.5. The molecule has 3 aromatic rings. The summed E-state index contributed by atoms with van der Waals surface area (Å²) >= 11 is 0. The van der Waals surface area contributed by atoms with Crippen molar-refractivity contribution in [3.63, 3.8) is 0 Å².